The number of rotatable bonds is 6. The Morgan fingerprint density at radius 1 is 1.15 bits per heavy atom. The first-order valence-electron chi connectivity index (χ1n) is 8.00. The van der Waals surface area contributed by atoms with E-state index in [1.54, 1.807) is 11.4 Å². The summed E-state index contributed by atoms with van der Waals surface area (Å²) in [6.45, 7) is 0. The lowest BCUT2D eigenvalue weighted by atomic mass is 10.2. The first-order chi connectivity index (χ1) is 13.0. The summed E-state index contributed by atoms with van der Waals surface area (Å²) in [5.41, 5.74) is 0.977. The summed E-state index contributed by atoms with van der Waals surface area (Å²) in [5, 5.41) is 7.57. The lowest BCUT2D eigenvalue weighted by molar-refractivity contribution is -0.116. The molecule has 0 atom stereocenters. The summed E-state index contributed by atoms with van der Waals surface area (Å²) < 4.78 is 0.940. The molecule has 3 aromatic rings. The molecular weight excluding hydrogens is 432 g/mol. The number of amides is 2. The van der Waals surface area contributed by atoms with Crippen molar-refractivity contribution in [3.8, 4) is 0 Å². The van der Waals surface area contributed by atoms with Crippen molar-refractivity contribution < 1.29 is 9.59 Å². The van der Waals surface area contributed by atoms with Crippen LogP contribution in [0, 0.1) is 0 Å². The van der Waals surface area contributed by atoms with E-state index in [2.05, 4.69) is 36.5 Å². The molecule has 0 bridgehead atoms. The summed E-state index contributed by atoms with van der Waals surface area (Å²) in [7, 11) is 0. The van der Waals surface area contributed by atoms with Crippen molar-refractivity contribution >= 4 is 49.9 Å². The van der Waals surface area contributed by atoms with Gasteiger partial charge in [0.1, 0.15) is 5.56 Å². The average molecular weight is 447 g/mol. The SMILES string of the molecule is O=C(CCc1csc(NC(=O)c2ccc[nH]c2=O)n1)Nc1ccc(Br)cc1. The van der Waals surface area contributed by atoms with E-state index >= 15 is 0 Å². The van der Waals surface area contributed by atoms with E-state index < -0.39 is 11.5 Å². The van der Waals surface area contributed by atoms with Crippen molar-refractivity contribution in [1.29, 1.82) is 0 Å². The fourth-order valence-corrected chi connectivity index (χ4v) is 3.25. The highest BCUT2D eigenvalue weighted by Crippen LogP contribution is 2.18. The number of nitrogens with zero attached hydrogens (tertiary/aromatic N) is 1. The van der Waals surface area contributed by atoms with Crippen LogP contribution < -0.4 is 16.2 Å². The lowest BCUT2D eigenvalue weighted by Gasteiger charge is -2.04. The number of thiazole rings is 1. The highest BCUT2D eigenvalue weighted by atomic mass is 79.9. The first kappa shape index (κ1) is 19.0. The van der Waals surface area contributed by atoms with Gasteiger partial charge in [-0.15, -0.1) is 11.3 Å². The predicted molar refractivity (Wildman–Crippen MR) is 108 cm³/mol. The number of pyridine rings is 1. The van der Waals surface area contributed by atoms with Crippen molar-refractivity contribution in [1.82, 2.24) is 9.97 Å². The Balaban J connectivity index is 1.52. The molecule has 7 nitrogen and oxygen atoms in total. The van der Waals surface area contributed by atoms with Crippen LogP contribution >= 0.6 is 27.3 Å². The van der Waals surface area contributed by atoms with Gasteiger partial charge in [-0.1, -0.05) is 15.9 Å². The minimum Gasteiger partial charge on any atom is -0.328 e. The van der Waals surface area contributed by atoms with Gasteiger partial charge in [0.2, 0.25) is 5.91 Å². The molecule has 0 radical (unpaired) electrons. The average Bonchev–Trinajstić information content (AvgIpc) is 3.09. The van der Waals surface area contributed by atoms with Crippen LogP contribution in [0.3, 0.4) is 0 Å². The van der Waals surface area contributed by atoms with Crippen molar-refractivity contribution in [2.75, 3.05) is 10.6 Å². The zero-order valence-electron chi connectivity index (χ0n) is 14.0. The van der Waals surface area contributed by atoms with Gasteiger partial charge in [0.05, 0.1) is 5.69 Å². The molecule has 0 unspecified atom stereocenters. The molecule has 2 heterocycles. The van der Waals surface area contributed by atoms with Gasteiger partial charge in [-0.3, -0.25) is 19.7 Å². The van der Waals surface area contributed by atoms with Crippen LogP contribution in [-0.4, -0.2) is 21.8 Å². The minimum atomic E-state index is -0.522. The van der Waals surface area contributed by atoms with Gasteiger partial charge >= 0.3 is 0 Å². The third kappa shape index (κ3) is 5.35. The van der Waals surface area contributed by atoms with E-state index in [1.807, 2.05) is 24.3 Å². The Bertz CT molecular complexity index is 1010. The second-order valence-electron chi connectivity index (χ2n) is 5.57. The Morgan fingerprint density at radius 2 is 1.93 bits per heavy atom. The minimum absolute atomic E-state index is 0.0168. The molecule has 0 saturated heterocycles. The maximum Gasteiger partial charge on any atom is 0.263 e. The van der Waals surface area contributed by atoms with Crippen molar-refractivity contribution in [2.24, 2.45) is 0 Å². The Labute approximate surface area is 167 Å². The molecule has 1 aromatic carbocycles. The monoisotopic (exact) mass is 446 g/mol. The van der Waals surface area contributed by atoms with Gasteiger partial charge in [0.15, 0.2) is 5.13 Å². The van der Waals surface area contributed by atoms with Gasteiger partial charge < -0.3 is 10.3 Å². The molecule has 0 fully saturated rings. The number of hydrogen-bond donors (Lipinski definition) is 3. The fourth-order valence-electron chi connectivity index (χ4n) is 2.24. The summed E-state index contributed by atoms with van der Waals surface area (Å²) in [6.07, 6.45) is 2.17. The highest BCUT2D eigenvalue weighted by molar-refractivity contribution is 9.10. The Hall–Kier alpha value is -2.78. The first-order valence-corrected chi connectivity index (χ1v) is 9.67. The predicted octanol–water partition coefficient (Wildman–Crippen LogP) is 3.42. The number of carbonyl (C=O) groups excluding carboxylic acids is 2. The van der Waals surface area contributed by atoms with Crippen LogP contribution in [0.15, 0.2) is 57.2 Å². The summed E-state index contributed by atoms with van der Waals surface area (Å²) >= 11 is 4.59. The molecule has 0 aliphatic rings. The molecule has 138 valence electrons. The largest absolute Gasteiger partial charge is 0.328 e. The normalized spacial score (nSPS) is 10.4. The molecule has 3 N–H and O–H groups in total. The van der Waals surface area contributed by atoms with Crippen LogP contribution in [-0.2, 0) is 11.2 Å². The second kappa shape index (κ2) is 8.74. The third-order valence-corrected chi connectivity index (χ3v) is 4.91. The number of nitrogens with one attached hydrogen (secondary N) is 3. The topological polar surface area (TPSA) is 104 Å². The van der Waals surface area contributed by atoms with Crippen molar-refractivity contribution in [2.45, 2.75) is 12.8 Å². The van der Waals surface area contributed by atoms with E-state index in [4.69, 9.17) is 0 Å². The number of halogens is 1. The molecule has 2 amide bonds. The van der Waals surface area contributed by atoms with Crippen LogP contribution in [0.1, 0.15) is 22.5 Å². The summed E-state index contributed by atoms with van der Waals surface area (Å²) in [4.78, 5) is 42.5. The molecule has 0 aliphatic heterocycles. The Kier molecular flexibility index (Phi) is 6.15. The zero-order valence-corrected chi connectivity index (χ0v) is 16.4. The van der Waals surface area contributed by atoms with Gasteiger partial charge in [-0.25, -0.2) is 4.98 Å². The number of aryl methyl sites for hydroxylation is 1. The molecule has 3 rings (SSSR count). The molecule has 0 saturated carbocycles. The van der Waals surface area contributed by atoms with Gasteiger partial charge in [0, 0.05) is 28.2 Å². The molecule has 9 heteroatoms. The van der Waals surface area contributed by atoms with Crippen LogP contribution in [0.2, 0.25) is 0 Å². The molecular formula is C18H15BrN4O3S. The molecule has 27 heavy (non-hydrogen) atoms. The molecule has 2 aromatic heterocycles. The number of aromatic nitrogens is 2. The maximum absolute atomic E-state index is 12.1. The third-order valence-electron chi connectivity index (χ3n) is 3.57. The second-order valence-corrected chi connectivity index (χ2v) is 7.34. The van der Waals surface area contributed by atoms with E-state index in [1.165, 1.54) is 23.6 Å². The van der Waals surface area contributed by atoms with Crippen LogP contribution in [0.5, 0.6) is 0 Å². The number of carbonyl (C=O) groups is 2. The van der Waals surface area contributed by atoms with Gasteiger partial charge in [-0.05, 0) is 42.8 Å². The lowest BCUT2D eigenvalue weighted by Crippen LogP contribution is -2.22. The van der Waals surface area contributed by atoms with Gasteiger partial charge in [0.25, 0.3) is 11.5 Å². The standard InChI is InChI=1S/C18H15BrN4O3S/c19-11-3-5-12(6-4-11)21-15(24)8-7-13-10-27-18(22-13)23-17(26)14-2-1-9-20-16(14)25/h1-6,9-10H,7-8H2,(H,20,25)(H,21,24)(H,22,23,26). The van der Waals surface area contributed by atoms with Crippen LogP contribution in [0.25, 0.3) is 0 Å². The number of hydrogen-bond acceptors (Lipinski definition) is 5. The van der Waals surface area contributed by atoms with Crippen molar-refractivity contribution in [3.05, 3.63) is 74.1 Å². The van der Waals surface area contributed by atoms with Crippen molar-refractivity contribution in [3.63, 3.8) is 0 Å². The van der Waals surface area contributed by atoms with E-state index in [0.717, 1.165) is 10.2 Å². The van der Waals surface area contributed by atoms with E-state index in [9.17, 15) is 14.4 Å². The zero-order chi connectivity index (χ0) is 19.2. The summed E-state index contributed by atoms with van der Waals surface area (Å²) in [6, 6.07) is 10.3. The quantitative estimate of drug-likeness (QED) is 0.539. The fraction of sp³-hybridized carbons (Fsp3) is 0.111. The highest BCUT2D eigenvalue weighted by Gasteiger charge is 2.12. The number of benzene rings is 1. The van der Waals surface area contributed by atoms with Gasteiger partial charge in [-0.2, -0.15) is 0 Å². The maximum atomic E-state index is 12.1. The molecule has 0 aliphatic carbocycles. The van der Waals surface area contributed by atoms with E-state index in [-0.39, 0.29) is 17.9 Å². The number of H-pyrrole nitrogens is 1. The van der Waals surface area contributed by atoms with E-state index in [0.29, 0.717) is 17.2 Å². The molecule has 0 spiro atoms. The Morgan fingerprint density at radius 3 is 2.67 bits per heavy atom. The van der Waals surface area contributed by atoms with Crippen LogP contribution in [0.4, 0.5) is 10.8 Å². The number of aromatic amines is 1. The summed E-state index contributed by atoms with van der Waals surface area (Å²) in [5.74, 6) is -0.641. The number of anilines is 2. The smallest absolute Gasteiger partial charge is 0.263 e.